The third-order valence-corrected chi connectivity index (χ3v) is 6.35. The summed E-state index contributed by atoms with van der Waals surface area (Å²) in [5.74, 6) is 1.11. The molecule has 9 heteroatoms. The van der Waals surface area contributed by atoms with Crippen LogP contribution in [0, 0.1) is 0 Å². The average Bonchev–Trinajstić information content (AvgIpc) is 3.21. The van der Waals surface area contributed by atoms with Crippen LogP contribution < -0.4 is 19.1 Å². The maximum atomic E-state index is 12.3. The molecule has 0 bridgehead atoms. The van der Waals surface area contributed by atoms with Gasteiger partial charge in [0.15, 0.2) is 11.5 Å². The Balaban J connectivity index is 1.45. The SMILES string of the molecule is CS(=O)(=O)N(CCCC(=O)NCCCN1CCCC1)c1ccc2c(c1)OCCO2. The maximum absolute atomic E-state index is 12.3. The minimum absolute atomic E-state index is 0.0398. The fourth-order valence-corrected chi connectivity index (χ4v) is 4.64. The van der Waals surface area contributed by atoms with Gasteiger partial charge in [0.25, 0.3) is 0 Å². The van der Waals surface area contributed by atoms with Crippen molar-refractivity contribution in [3.63, 3.8) is 0 Å². The Morgan fingerprint density at radius 3 is 2.59 bits per heavy atom. The lowest BCUT2D eigenvalue weighted by Crippen LogP contribution is -2.33. The second kappa shape index (κ2) is 10.2. The van der Waals surface area contributed by atoms with E-state index in [0.717, 1.165) is 26.1 Å². The fraction of sp³-hybridized carbons (Fsp3) is 0.650. The third-order valence-electron chi connectivity index (χ3n) is 5.15. The Labute approximate surface area is 173 Å². The molecule has 0 atom stereocenters. The summed E-state index contributed by atoms with van der Waals surface area (Å²) in [6.45, 7) is 5.16. The standard InChI is InChI=1S/C20H31N3O5S/c1-29(25,26)23(17-7-8-18-19(16-17)28-15-14-27-18)13-4-6-20(24)21-9-5-12-22-10-2-3-11-22/h7-8,16H,2-6,9-15H2,1H3,(H,21,24). The summed E-state index contributed by atoms with van der Waals surface area (Å²) in [6, 6.07) is 5.09. The van der Waals surface area contributed by atoms with Crippen LogP contribution in [0.2, 0.25) is 0 Å². The second-order valence-corrected chi connectivity index (χ2v) is 9.43. The highest BCUT2D eigenvalue weighted by Crippen LogP contribution is 2.34. The number of sulfonamides is 1. The average molecular weight is 426 g/mol. The molecule has 0 saturated carbocycles. The molecule has 0 spiro atoms. The molecule has 3 rings (SSSR count). The number of fused-ring (bicyclic) bond motifs is 1. The van der Waals surface area contributed by atoms with Crippen LogP contribution in [0.5, 0.6) is 11.5 Å². The van der Waals surface area contributed by atoms with Crippen molar-refractivity contribution in [1.82, 2.24) is 10.2 Å². The summed E-state index contributed by atoms with van der Waals surface area (Å²) in [6.07, 6.45) is 5.39. The maximum Gasteiger partial charge on any atom is 0.232 e. The molecule has 1 fully saturated rings. The zero-order chi connectivity index (χ0) is 20.7. The first-order valence-corrected chi connectivity index (χ1v) is 12.1. The lowest BCUT2D eigenvalue weighted by Gasteiger charge is -2.25. The Kier molecular flexibility index (Phi) is 7.60. The Morgan fingerprint density at radius 1 is 1.14 bits per heavy atom. The van der Waals surface area contributed by atoms with Crippen molar-refractivity contribution in [1.29, 1.82) is 0 Å². The number of amides is 1. The summed E-state index contributed by atoms with van der Waals surface area (Å²) < 4.78 is 36.9. The van der Waals surface area contributed by atoms with Crippen LogP contribution in [-0.2, 0) is 14.8 Å². The smallest absolute Gasteiger partial charge is 0.232 e. The van der Waals surface area contributed by atoms with E-state index >= 15 is 0 Å². The number of likely N-dealkylation sites (tertiary alicyclic amines) is 1. The summed E-state index contributed by atoms with van der Waals surface area (Å²) in [4.78, 5) is 14.5. The molecule has 0 aromatic heterocycles. The van der Waals surface area contributed by atoms with Crippen LogP contribution in [0.15, 0.2) is 18.2 Å². The minimum atomic E-state index is -3.47. The zero-order valence-electron chi connectivity index (χ0n) is 17.1. The number of hydrogen-bond acceptors (Lipinski definition) is 6. The van der Waals surface area contributed by atoms with Gasteiger partial charge >= 0.3 is 0 Å². The van der Waals surface area contributed by atoms with Crippen LogP contribution in [0.25, 0.3) is 0 Å². The van der Waals surface area contributed by atoms with E-state index in [9.17, 15) is 13.2 Å². The molecule has 1 aromatic rings. The summed E-state index contributed by atoms with van der Waals surface area (Å²) >= 11 is 0. The molecule has 2 aliphatic rings. The Bertz CT molecular complexity index is 793. The minimum Gasteiger partial charge on any atom is -0.486 e. The first-order valence-electron chi connectivity index (χ1n) is 10.3. The molecule has 1 N–H and O–H groups in total. The second-order valence-electron chi connectivity index (χ2n) is 7.52. The molecule has 162 valence electrons. The van der Waals surface area contributed by atoms with E-state index in [1.165, 1.54) is 23.4 Å². The van der Waals surface area contributed by atoms with Gasteiger partial charge in [0.2, 0.25) is 15.9 Å². The van der Waals surface area contributed by atoms with Gasteiger partial charge in [-0.3, -0.25) is 9.10 Å². The van der Waals surface area contributed by atoms with Gasteiger partial charge in [-0.05, 0) is 57.5 Å². The van der Waals surface area contributed by atoms with Crippen molar-refractivity contribution in [2.45, 2.75) is 32.1 Å². The van der Waals surface area contributed by atoms with Gasteiger partial charge in [-0.1, -0.05) is 0 Å². The molecule has 1 aromatic carbocycles. The van der Waals surface area contributed by atoms with E-state index in [-0.39, 0.29) is 12.5 Å². The predicted molar refractivity (Wildman–Crippen MR) is 112 cm³/mol. The van der Waals surface area contributed by atoms with E-state index in [1.54, 1.807) is 18.2 Å². The van der Waals surface area contributed by atoms with Crippen LogP contribution in [0.1, 0.15) is 32.1 Å². The first kappa shape index (κ1) is 21.7. The van der Waals surface area contributed by atoms with Crippen molar-refractivity contribution in [3.8, 4) is 11.5 Å². The number of ether oxygens (including phenoxy) is 2. The van der Waals surface area contributed by atoms with Gasteiger partial charge in [-0.15, -0.1) is 0 Å². The number of benzene rings is 1. The third kappa shape index (κ3) is 6.50. The number of carbonyl (C=O) groups excluding carboxylic acids is 1. The molecule has 29 heavy (non-hydrogen) atoms. The number of nitrogens with one attached hydrogen (secondary N) is 1. The summed E-state index contributed by atoms with van der Waals surface area (Å²) in [5, 5.41) is 2.93. The number of nitrogens with zero attached hydrogens (tertiary/aromatic N) is 2. The van der Waals surface area contributed by atoms with Crippen molar-refractivity contribution in [2.75, 3.05) is 56.5 Å². The molecular weight excluding hydrogens is 394 g/mol. The molecule has 0 aliphatic carbocycles. The highest BCUT2D eigenvalue weighted by molar-refractivity contribution is 7.92. The van der Waals surface area contributed by atoms with Crippen molar-refractivity contribution < 1.29 is 22.7 Å². The molecular formula is C20H31N3O5S. The van der Waals surface area contributed by atoms with Gasteiger partial charge in [-0.25, -0.2) is 8.42 Å². The van der Waals surface area contributed by atoms with E-state index in [2.05, 4.69) is 10.2 Å². The van der Waals surface area contributed by atoms with E-state index in [0.29, 0.717) is 49.8 Å². The Hall–Kier alpha value is -2.00. The van der Waals surface area contributed by atoms with Crippen LogP contribution >= 0.6 is 0 Å². The topological polar surface area (TPSA) is 88.2 Å². The van der Waals surface area contributed by atoms with Crippen LogP contribution in [-0.4, -0.2) is 71.4 Å². The van der Waals surface area contributed by atoms with Gasteiger partial charge < -0.3 is 19.7 Å². The predicted octanol–water partition coefficient (Wildman–Crippen LogP) is 1.61. The monoisotopic (exact) mass is 425 g/mol. The zero-order valence-corrected chi connectivity index (χ0v) is 17.9. The van der Waals surface area contributed by atoms with E-state index in [4.69, 9.17) is 9.47 Å². The number of carbonyl (C=O) groups is 1. The van der Waals surface area contributed by atoms with Gasteiger partial charge in [-0.2, -0.15) is 0 Å². The van der Waals surface area contributed by atoms with Gasteiger partial charge in [0, 0.05) is 25.6 Å². The highest BCUT2D eigenvalue weighted by Gasteiger charge is 2.21. The molecule has 2 aliphatic heterocycles. The lowest BCUT2D eigenvalue weighted by molar-refractivity contribution is -0.121. The Morgan fingerprint density at radius 2 is 1.86 bits per heavy atom. The largest absolute Gasteiger partial charge is 0.486 e. The van der Waals surface area contributed by atoms with Crippen molar-refractivity contribution >= 4 is 21.6 Å². The van der Waals surface area contributed by atoms with Crippen molar-refractivity contribution in [3.05, 3.63) is 18.2 Å². The normalized spacial score (nSPS) is 16.6. The fourth-order valence-electron chi connectivity index (χ4n) is 3.68. The van der Waals surface area contributed by atoms with Crippen molar-refractivity contribution in [2.24, 2.45) is 0 Å². The van der Waals surface area contributed by atoms with Crippen LogP contribution in [0.3, 0.4) is 0 Å². The summed E-state index contributed by atoms with van der Waals surface area (Å²) in [7, 11) is -3.47. The molecule has 0 radical (unpaired) electrons. The highest BCUT2D eigenvalue weighted by atomic mass is 32.2. The lowest BCUT2D eigenvalue weighted by atomic mass is 10.2. The molecule has 0 unspecified atom stereocenters. The van der Waals surface area contributed by atoms with Crippen LogP contribution in [0.4, 0.5) is 5.69 Å². The van der Waals surface area contributed by atoms with E-state index in [1.807, 2.05) is 0 Å². The molecule has 8 nitrogen and oxygen atoms in total. The molecule has 1 saturated heterocycles. The number of rotatable bonds is 10. The molecule has 2 heterocycles. The van der Waals surface area contributed by atoms with Gasteiger partial charge in [0.05, 0.1) is 11.9 Å². The number of hydrogen-bond donors (Lipinski definition) is 1. The molecule has 1 amide bonds. The summed E-state index contributed by atoms with van der Waals surface area (Å²) in [5.41, 5.74) is 0.516. The van der Waals surface area contributed by atoms with E-state index < -0.39 is 10.0 Å². The van der Waals surface area contributed by atoms with Gasteiger partial charge in [0.1, 0.15) is 13.2 Å². The quantitative estimate of drug-likeness (QED) is 0.573. The number of anilines is 1. The first-order chi connectivity index (χ1) is 13.9.